The Kier molecular flexibility index (Phi) is 4.42. The minimum absolute atomic E-state index is 0.103. The molecule has 1 fully saturated rings. The zero-order valence-corrected chi connectivity index (χ0v) is 11.8. The molecule has 0 bridgehead atoms. The van der Waals surface area contributed by atoms with Gasteiger partial charge < -0.3 is 10.2 Å². The molecule has 0 amide bonds. The second-order valence-electron chi connectivity index (χ2n) is 4.70. The van der Waals surface area contributed by atoms with Crippen molar-refractivity contribution in [2.45, 2.75) is 13.5 Å². The highest BCUT2D eigenvalue weighted by molar-refractivity contribution is 7.91. The van der Waals surface area contributed by atoms with Crippen LogP contribution in [0.2, 0.25) is 0 Å². The van der Waals surface area contributed by atoms with Crippen molar-refractivity contribution in [3.8, 4) is 0 Å². The first kappa shape index (κ1) is 14.3. The molecule has 1 aromatic rings. The molecule has 0 unspecified atom stereocenters. The molecule has 4 nitrogen and oxygen atoms in total. The van der Waals surface area contributed by atoms with E-state index in [0.29, 0.717) is 25.3 Å². The Hall–Kier alpha value is -1.14. The number of rotatable bonds is 4. The van der Waals surface area contributed by atoms with Gasteiger partial charge in [-0.1, -0.05) is 13.0 Å². The third kappa shape index (κ3) is 3.67. The molecule has 1 N–H and O–H groups in total. The lowest BCUT2D eigenvalue weighted by Gasteiger charge is -2.29. The maximum absolute atomic E-state index is 14.0. The molecule has 106 valence electrons. The van der Waals surface area contributed by atoms with Crippen molar-refractivity contribution in [3.63, 3.8) is 0 Å². The Morgan fingerprint density at radius 3 is 2.58 bits per heavy atom. The molecule has 0 radical (unpaired) electrons. The van der Waals surface area contributed by atoms with Crippen molar-refractivity contribution in [1.82, 2.24) is 5.32 Å². The van der Waals surface area contributed by atoms with Gasteiger partial charge in [-0.15, -0.1) is 0 Å². The van der Waals surface area contributed by atoms with Crippen LogP contribution >= 0.6 is 0 Å². The molecule has 0 saturated carbocycles. The normalized spacial score (nSPS) is 18.5. The maximum Gasteiger partial charge on any atom is 0.153 e. The van der Waals surface area contributed by atoms with Crippen LogP contribution in [0.3, 0.4) is 0 Å². The van der Waals surface area contributed by atoms with Gasteiger partial charge in [0.15, 0.2) is 9.84 Å². The fourth-order valence-electron chi connectivity index (χ4n) is 2.14. The number of nitrogens with zero attached hydrogens (tertiary/aromatic N) is 1. The van der Waals surface area contributed by atoms with Crippen LogP contribution in [0.15, 0.2) is 18.2 Å². The van der Waals surface area contributed by atoms with Crippen molar-refractivity contribution in [1.29, 1.82) is 0 Å². The second kappa shape index (κ2) is 5.88. The van der Waals surface area contributed by atoms with E-state index in [1.165, 1.54) is 6.07 Å². The van der Waals surface area contributed by atoms with E-state index in [4.69, 9.17) is 0 Å². The Morgan fingerprint density at radius 1 is 1.32 bits per heavy atom. The number of anilines is 1. The number of benzene rings is 1. The molecular formula is C13H19FN2O2S. The number of nitrogens with one attached hydrogen (secondary N) is 1. The lowest BCUT2D eigenvalue weighted by molar-refractivity contribution is 0.581. The average molecular weight is 286 g/mol. The monoisotopic (exact) mass is 286 g/mol. The van der Waals surface area contributed by atoms with Crippen molar-refractivity contribution < 1.29 is 12.8 Å². The van der Waals surface area contributed by atoms with E-state index in [1.807, 2.05) is 13.0 Å². The molecule has 19 heavy (non-hydrogen) atoms. The van der Waals surface area contributed by atoms with Crippen molar-refractivity contribution >= 4 is 15.5 Å². The number of sulfone groups is 1. The highest BCUT2D eigenvalue weighted by Crippen LogP contribution is 2.22. The van der Waals surface area contributed by atoms with E-state index in [9.17, 15) is 12.8 Å². The summed E-state index contributed by atoms with van der Waals surface area (Å²) in [6.07, 6.45) is 0. The first-order chi connectivity index (χ1) is 9.02. The van der Waals surface area contributed by atoms with Gasteiger partial charge in [0.05, 0.1) is 17.2 Å². The van der Waals surface area contributed by atoms with Crippen LogP contribution in [0.1, 0.15) is 12.5 Å². The quantitative estimate of drug-likeness (QED) is 0.903. The van der Waals surface area contributed by atoms with Gasteiger partial charge in [-0.25, -0.2) is 12.8 Å². The van der Waals surface area contributed by atoms with Gasteiger partial charge in [0.25, 0.3) is 0 Å². The molecular weight excluding hydrogens is 267 g/mol. The van der Waals surface area contributed by atoms with Gasteiger partial charge in [0, 0.05) is 19.6 Å². The van der Waals surface area contributed by atoms with E-state index >= 15 is 0 Å². The highest BCUT2D eigenvalue weighted by atomic mass is 32.2. The number of hydrogen-bond donors (Lipinski definition) is 1. The molecule has 2 rings (SSSR count). The predicted molar refractivity (Wildman–Crippen MR) is 74.6 cm³/mol. The molecule has 1 aromatic carbocycles. The van der Waals surface area contributed by atoms with Crippen LogP contribution in [0, 0.1) is 5.82 Å². The van der Waals surface area contributed by atoms with E-state index < -0.39 is 9.84 Å². The molecule has 0 aromatic heterocycles. The molecule has 0 atom stereocenters. The highest BCUT2D eigenvalue weighted by Gasteiger charge is 2.23. The summed E-state index contributed by atoms with van der Waals surface area (Å²) in [4.78, 5) is 1.80. The van der Waals surface area contributed by atoms with E-state index in [1.54, 1.807) is 11.0 Å². The Labute approximate surface area is 113 Å². The summed E-state index contributed by atoms with van der Waals surface area (Å²) in [6, 6.07) is 5.13. The Morgan fingerprint density at radius 2 is 2.00 bits per heavy atom. The van der Waals surface area contributed by atoms with Gasteiger partial charge in [0.1, 0.15) is 5.82 Å². The van der Waals surface area contributed by atoms with E-state index in [0.717, 1.165) is 12.1 Å². The summed E-state index contributed by atoms with van der Waals surface area (Å²) < 4.78 is 36.7. The van der Waals surface area contributed by atoms with Crippen LogP contribution in [0.5, 0.6) is 0 Å². The Bertz CT molecular complexity index is 532. The van der Waals surface area contributed by atoms with Crippen LogP contribution in [0.4, 0.5) is 10.1 Å². The van der Waals surface area contributed by atoms with Gasteiger partial charge >= 0.3 is 0 Å². The van der Waals surface area contributed by atoms with Crippen molar-refractivity contribution in [2.75, 3.05) is 36.0 Å². The first-order valence-corrected chi connectivity index (χ1v) is 8.28. The topological polar surface area (TPSA) is 49.4 Å². The largest absolute Gasteiger partial charge is 0.367 e. The third-order valence-electron chi connectivity index (χ3n) is 3.28. The zero-order valence-electron chi connectivity index (χ0n) is 11.0. The summed E-state index contributed by atoms with van der Waals surface area (Å²) in [5, 5.41) is 3.14. The van der Waals surface area contributed by atoms with Gasteiger partial charge in [-0.2, -0.15) is 0 Å². The summed E-state index contributed by atoms with van der Waals surface area (Å²) in [6.45, 7) is 4.21. The minimum atomic E-state index is -2.93. The summed E-state index contributed by atoms with van der Waals surface area (Å²) in [5.41, 5.74) is 1.39. The minimum Gasteiger partial charge on any atom is -0.367 e. The maximum atomic E-state index is 14.0. The van der Waals surface area contributed by atoms with E-state index in [-0.39, 0.29) is 17.3 Å². The van der Waals surface area contributed by atoms with Crippen LogP contribution in [0.25, 0.3) is 0 Å². The molecule has 1 saturated heterocycles. The van der Waals surface area contributed by atoms with Crippen LogP contribution in [-0.2, 0) is 16.4 Å². The predicted octanol–water partition coefficient (Wildman–Crippen LogP) is 1.17. The second-order valence-corrected chi connectivity index (χ2v) is 7.01. The Balaban J connectivity index is 2.09. The fraction of sp³-hybridized carbons (Fsp3) is 0.538. The van der Waals surface area contributed by atoms with Crippen LogP contribution < -0.4 is 10.2 Å². The molecule has 1 aliphatic heterocycles. The average Bonchev–Trinajstić information content (AvgIpc) is 2.37. The van der Waals surface area contributed by atoms with E-state index in [2.05, 4.69) is 5.32 Å². The van der Waals surface area contributed by atoms with Gasteiger partial charge in [-0.3, -0.25) is 0 Å². The molecule has 1 aliphatic rings. The molecule has 0 aliphatic carbocycles. The van der Waals surface area contributed by atoms with Crippen LogP contribution in [-0.4, -0.2) is 39.6 Å². The van der Waals surface area contributed by atoms with Gasteiger partial charge in [-0.05, 0) is 24.2 Å². The SMILES string of the molecule is CCNCc1ccc(N2CCS(=O)(=O)CC2)c(F)c1. The lowest BCUT2D eigenvalue weighted by atomic mass is 10.1. The molecule has 6 heteroatoms. The third-order valence-corrected chi connectivity index (χ3v) is 4.89. The summed E-state index contributed by atoms with van der Waals surface area (Å²) in [5.74, 6) is -0.0772. The molecule has 0 spiro atoms. The summed E-state index contributed by atoms with van der Waals surface area (Å²) >= 11 is 0. The first-order valence-electron chi connectivity index (χ1n) is 6.46. The standard InChI is InChI=1S/C13H19FN2O2S/c1-2-15-10-11-3-4-13(12(14)9-11)16-5-7-19(17,18)8-6-16/h3-4,9,15H,2,5-8,10H2,1H3. The number of halogens is 1. The smallest absolute Gasteiger partial charge is 0.153 e. The summed E-state index contributed by atoms with van der Waals surface area (Å²) in [7, 11) is -2.93. The van der Waals surface area contributed by atoms with Crippen molar-refractivity contribution in [3.05, 3.63) is 29.6 Å². The lowest BCUT2D eigenvalue weighted by Crippen LogP contribution is -2.40. The number of hydrogen-bond acceptors (Lipinski definition) is 4. The zero-order chi connectivity index (χ0) is 13.9. The van der Waals surface area contributed by atoms with Crippen molar-refractivity contribution in [2.24, 2.45) is 0 Å². The fourth-order valence-corrected chi connectivity index (χ4v) is 3.34. The molecule has 1 heterocycles. The van der Waals surface area contributed by atoms with Gasteiger partial charge in [0.2, 0.25) is 0 Å².